The summed E-state index contributed by atoms with van der Waals surface area (Å²) in [6.45, 7) is 0. The van der Waals surface area contributed by atoms with Crippen molar-refractivity contribution in [2.75, 3.05) is 0 Å². The summed E-state index contributed by atoms with van der Waals surface area (Å²) >= 11 is 3.50. The van der Waals surface area contributed by atoms with Crippen LogP contribution in [-0.4, -0.2) is 16.0 Å². The molecular formula is C3H6BrSi2. The highest BCUT2D eigenvalue weighted by Crippen LogP contribution is 2.19. The summed E-state index contributed by atoms with van der Waals surface area (Å²) in [5.74, 6) is 0. The van der Waals surface area contributed by atoms with Gasteiger partial charge in [0.2, 0.25) is 0 Å². The third kappa shape index (κ3) is 0.947. The molecule has 1 saturated heterocycles. The van der Waals surface area contributed by atoms with Gasteiger partial charge in [-0.25, -0.2) is 0 Å². The molecule has 0 aromatic rings. The molecule has 1 aliphatic heterocycles. The Morgan fingerprint density at radius 1 is 1.50 bits per heavy atom. The van der Waals surface area contributed by atoms with Gasteiger partial charge >= 0.3 is 0 Å². The number of hydrogen-bond donors (Lipinski definition) is 0. The molecule has 1 heterocycles. The molecular weight excluding hydrogens is 172 g/mol. The quantitative estimate of drug-likeness (QED) is 0.420. The van der Waals surface area contributed by atoms with Crippen molar-refractivity contribution in [1.29, 1.82) is 0 Å². The highest BCUT2D eigenvalue weighted by Gasteiger charge is 2.17. The topological polar surface area (TPSA) is 0 Å². The first kappa shape index (κ1) is 5.06. The van der Waals surface area contributed by atoms with E-state index in [1.165, 1.54) is 6.42 Å². The Hall–Kier alpha value is 0.914. The fourth-order valence-corrected chi connectivity index (χ4v) is 6.54. The summed E-state index contributed by atoms with van der Waals surface area (Å²) in [4.78, 5) is 0. The molecule has 0 amide bonds. The van der Waals surface area contributed by atoms with Gasteiger partial charge in [0.1, 0.15) is 7.66 Å². The van der Waals surface area contributed by atoms with Crippen LogP contribution in [0.4, 0.5) is 0 Å². The van der Waals surface area contributed by atoms with Crippen LogP contribution >= 0.6 is 15.3 Å². The maximum Gasteiger partial charge on any atom is 0.122 e. The van der Waals surface area contributed by atoms with Crippen LogP contribution in [0.2, 0.25) is 12.1 Å². The van der Waals surface area contributed by atoms with E-state index < -0.39 is 0 Å². The Morgan fingerprint density at radius 2 is 2.17 bits per heavy atom. The molecule has 1 fully saturated rings. The molecule has 0 bridgehead atoms. The van der Waals surface area contributed by atoms with E-state index in [0.29, 0.717) is 0 Å². The van der Waals surface area contributed by atoms with Gasteiger partial charge in [-0.15, -0.1) is 15.3 Å². The van der Waals surface area contributed by atoms with Crippen molar-refractivity contribution in [1.82, 2.24) is 0 Å². The van der Waals surface area contributed by atoms with Crippen LogP contribution in [0.3, 0.4) is 0 Å². The van der Waals surface area contributed by atoms with Gasteiger partial charge in [-0.3, -0.25) is 0 Å². The van der Waals surface area contributed by atoms with Crippen molar-refractivity contribution >= 4 is 31.3 Å². The summed E-state index contributed by atoms with van der Waals surface area (Å²) in [6.07, 6.45) is 1.52. The van der Waals surface area contributed by atoms with Gasteiger partial charge in [0, 0.05) is 8.31 Å². The minimum Gasteiger partial charge on any atom is -0.136 e. The summed E-state index contributed by atoms with van der Waals surface area (Å²) < 4.78 is 0. The van der Waals surface area contributed by atoms with E-state index in [1.54, 1.807) is 12.1 Å². The molecule has 1 aliphatic rings. The maximum atomic E-state index is 3.50. The van der Waals surface area contributed by atoms with Crippen molar-refractivity contribution in [2.45, 2.75) is 18.5 Å². The second-order valence-electron chi connectivity index (χ2n) is 1.55. The average molecular weight is 178 g/mol. The Kier molecular flexibility index (Phi) is 1.92. The fraction of sp³-hybridized carbons (Fsp3) is 1.00. The Balaban J connectivity index is 2.01. The summed E-state index contributed by atoms with van der Waals surface area (Å²) in [6, 6.07) is 3.16. The van der Waals surface area contributed by atoms with Crippen LogP contribution in [0.5, 0.6) is 0 Å². The number of hydrogen-bond acceptors (Lipinski definition) is 0. The second-order valence-corrected chi connectivity index (χ2v) is 10.2. The lowest BCUT2D eigenvalue weighted by Crippen LogP contribution is -2.25. The third-order valence-electron chi connectivity index (χ3n) is 1.09. The first-order valence-corrected chi connectivity index (χ1v) is 8.32. The fourth-order valence-electron chi connectivity index (χ4n) is 0.448. The van der Waals surface area contributed by atoms with Gasteiger partial charge in [0.05, 0.1) is 0 Å². The lowest BCUT2D eigenvalue weighted by Gasteiger charge is -2.19. The maximum absolute atomic E-state index is 3.50. The zero-order chi connectivity index (χ0) is 4.41. The van der Waals surface area contributed by atoms with Crippen molar-refractivity contribution < 1.29 is 0 Å². The van der Waals surface area contributed by atoms with Crippen LogP contribution in [0.1, 0.15) is 6.42 Å². The van der Waals surface area contributed by atoms with E-state index in [0.717, 1.165) is 7.66 Å². The lowest BCUT2D eigenvalue weighted by atomic mass is 10.5. The molecule has 33 valence electrons. The third-order valence-corrected chi connectivity index (χ3v) is 10.6. The minimum absolute atomic E-state index is 0.257. The van der Waals surface area contributed by atoms with E-state index in [-0.39, 0.29) is 8.31 Å². The Bertz CT molecular complexity index is 41.3. The minimum atomic E-state index is 0.257. The molecule has 1 rings (SSSR count). The normalized spacial score (nSPS) is 23.5. The van der Waals surface area contributed by atoms with Crippen LogP contribution in [-0.2, 0) is 0 Å². The van der Waals surface area contributed by atoms with Crippen molar-refractivity contribution in [2.24, 2.45) is 0 Å². The Labute approximate surface area is 50.1 Å². The standard InChI is InChI=1S/C3H6BrSi2/c4-5-6-2-1-3-6/h1-3H2. The molecule has 0 aromatic carbocycles. The Morgan fingerprint density at radius 3 is 2.17 bits per heavy atom. The molecule has 3 radical (unpaired) electrons. The molecule has 0 unspecified atom stereocenters. The van der Waals surface area contributed by atoms with Crippen molar-refractivity contribution in [3.05, 3.63) is 0 Å². The summed E-state index contributed by atoms with van der Waals surface area (Å²) in [5, 5.41) is 0. The van der Waals surface area contributed by atoms with E-state index in [1.807, 2.05) is 0 Å². The summed E-state index contributed by atoms with van der Waals surface area (Å²) in [5.41, 5.74) is 0. The number of rotatable bonds is 1. The highest BCUT2D eigenvalue weighted by atomic mass is 79.9. The van der Waals surface area contributed by atoms with Gasteiger partial charge in [0.25, 0.3) is 0 Å². The van der Waals surface area contributed by atoms with Crippen LogP contribution in [0, 0.1) is 0 Å². The van der Waals surface area contributed by atoms with Crippen LogP contribution < -0.4 is 0 Å². The van der Waals surface area contributed by atoms with Gasteiger partial charge in [-0.05, 0) is 0 Å². The largest absolute Gasteiger partial charge is 0.136 e. The smallest absolute Gasteiger partial charge is 0.122 e. The number of halogens is 1. The zero-order valence-electron chi connectivity index (χ0n) is 3.50. The van der Waals surface area contributed by atoms with E-state index >= 15 is 0 Å². The molecule has 0 saturated carbocycles. The lowest BCUT2D eigenvalue weighted by molar-refractivity contribution is 0.961. The summed E-state index contributed by atoms with van der Waals surface area (Å²) in [7, 11) is 1.39. The molecule has 0 aliphatic carbocycles. The molecule has 3 heteroatoms. The molecule has 0 aromatic heterocycles. The van der Waals surface area contributed by atoms with E-state index in [4.69, 9.17) is 0 Å². The SMILES string of the molecule is Br[Si][Si]1CCC1. The second kappa shape index (κ2) is 2.28. The molecule has 0 nitrogen and oxygen atoms in total. The van der Waals surface area contributed by atoms with Gasteiger partial charge < -0.3 is 0 Å². The first-order chi connectivity index (χ1) is 2.93. The molecule has 6 heavy (non-hydrogen) atoms. The van der Waals surface area contributed by atoms with E-state index in [9.17, 15) is 0 Å². The van der Waals surface area contributed by atoms with Crippen molar-refractivity contribution in [3.63, 3.8) is 0 Å². The van der Waals surface area contributed by atoms with Crippen LogP contribution in [0.25, 0.3) is 0 Å². The van der Waals surface area contributed by atoms with Gasteiger partial charge in [-0.2, -0.15) is 0 Å². The average Bonchev–Trinajstić information content (AvgIpc) is 1.31. The van der Waals surface area contributed by atoms with Gasteiger partial charge in [0.15, 0.2) is 0 Å². The molecule has 0 N–H and O–H groups in total. The van der Waals surface area contributed by atoms with Crippen molar-refractivity contribution in [3.8, 4) is 0 Å². The predicted molar refractivity (Wildman–Crippen MR) is 34.7 cm³/mol. The first-order valence-electron chi connectivity index (χ1n) is 2.15. The monoisotopic (exact) mass is 177 g/mol. The molecule has 0 atom stereocenters. The predicted octanol–water partition coefficient (Wildman–Crippen LogP) is 1.40. The van der Waals surface area contributed by atoms with Gasteiger partial charge in [-0.1, -0.05) is 18.5 Å². The highest BCUT2D eigenvalue weighted by molar-refractivity contribution is 9.24. The van der Waals surface area contributed by atoms with E-state index in [2.05, 4.69) is 15.3 Å². The zero-order valence-corrected chi connectivity index (χ0v) is 7.09. The molecule has 0 spiro atoms. The van der Waals surface area contributed by atoms with Crippen LogP contribution in [0.15, 0.2) is 0 Å².